The molecule has 136 valence electrons. The fourth-order valence-corrected chi connectivity index (χ4v) is 3.40. The molecule has 0 radical (unpaired) electrons. The molecule has 2 N–H and O–H groups in total. The Kier molecular flexibility index (Phi) is 9.77. The molecular formula is C17H35IN4O. The largest absolute Gasteiger partial charge is 0.373 e. The number of ether oxygens (including phenoxy) is 1. The molecule has 0 aromatic heterocycles. The van der Waals surface area contributed by atoms with Crippen molar-refractivity contribution in [2.45, 2.75) is 64.5 Å². The number of hydrogen-bond acceptors (Lipinski definition) is 3. The maximum atomic E-state index is 5.83. The van der Waals surface area contributed by atoms with E-state index in [0.29, 0.717) is 6.04 Å². The van der Waals surface area contributed by atoms with Crippen LogP contribution >= 0.6 is 24.0 Å². The highest BCUT2D eigenvalue weighted by molar-refractivity contribution is 14.0. The van der Waals surface area contributed by atoms with Gasteiger partial charge in [0.25, 0.3) is 0 Å². The minimum absolute atomic E-state index is 0. The van der Waals surface area contributed by atoms with Gasteiger partial charge in [-0.1, -0.05) is 6.92 Å². The monoisotopic (exact) mass is 438 g/mol. The average Bonchev–Trinajstić information content (AvgIpc) is 3.18. The number of nitrogens with one attached hydrogen (secondary N) is 2. The van der Waals surface area contributed by atoms with E-state index in [1.807, 2.05) is 0 Å². The Hall–Kier alpha value is -0.0800. The van der Waals surface area contributed by atoms with E-state index in [0.717, 1.165) is 45.0 Å². The second-order valence-corrected chi connectivity index (χ2v) is 6.78. The van der Waals surface area contributed by atoms with Crippen molar-refractivity contribution in [3.8, 4) is 0 Å². The molecule has 2 aliphatic rings. The van der Waals surface area contributed by atoms with E-state index in [2.05, 4.69) is 36.3 Å². The topological polar surface area (TPSA) is 48.9 Å². The normalized spacial score (nSPS) is 26.8. The average molecular weight is 438 g/mol. The fourth-order valence-electron chi connectivity index (χ4n) is 3.40. The zero-order valence-corrected chi connectivity index (χ0v) is 17.4. The van der Waals surface area contributed by atoms with Crippen molar-refractivity contribution in [3.63, 3.8) is 0 Å². The molecule has 23 heavy (non-hydrogen) atoms. The summed E-state index contributed by atoms with van der Waals surface area (Å²) in [6, 6.07) is 0.615. The van der Waals surface area contributed by atoms with E-state index in [1.54, 1.807) is 0 Å². The van der Waals surface area contributed by atoms with Crippen LogP contribution in [0.5, 0.6) is 0 Å². The molecule has 2 aliphatic heterocycles. The van der Waals surface area contributed by atoms with E-state index < -0.39 is 0 Å². The molecule has 0 spiro atoms. The lowest BCUT2D eigenvalue weighted by atomic mass is 10.0. The molecule has 0 aromatic rings. The van der Waals surface area contributed by atoms with Crippen LogP contribution in [0, 0.1) is 0 Å². The number of hydrogen-bond donors (Lipinski definition) is 2. The van der Waals surface area contributed by atoms with Gasteiger partial charge in [-0.3, -0.25) is 9.89 Å². The van der Waals surface area contributed by atoms with Gasteiger partial charge < -0.3 is 15.4 Å². The minimum Gasteiger partial charge on any atom is -0.373 e. The predicted molar refractivity (Wildman–Crippen MR) is 108 cm³/mol. The fraction of sp³-hybridized carbons (Fsp3) is 0.941. The summed E-state index contributed by atoms with van der Waals surface area (Å²) in [5, 5.41) is 6.89. The minimum atomic E-state index is -0.0680. The zero-order chi connectivity index (χ0) is 15.8. The molecule has 2 fully saturated rings. The molecule has 0 aromatic carbocycles. The lowest BCUT2D eigenvalue weighted by Gasteiger charge is -2.27. The van der Waals surface area contributed by atoms with Crippen molar-refractivity contribution < 1.29 is 4.74 Å². The summed E-state index contributed by atoms with van der Waals surface area (Å²) < 4.78 is 5.83. The number of aliphatic imine (C=N–C) groups is 1. The smallest absolute Gasteiger partial charge is 0.191 e. The second kappa shape index (κ2) is 10.7. The van der Waals surface area contributed by atoms with Gasteiger partial charge in [0, 0.05) is 25.7 Å². The van der Waals surface area contributed by atoms with Gasteiger partial charge in [-0.15, -0.1) is 24.0 Å². The number of nitrogens with zero attached hydrogens (tertiary/aromatic N) is 2. The molecule has 2 atom stereocenters. The lowest BCUT2D eigenvalue weighted by molar-refractivity contribution is 0.0283. The first-order chi connectivity index (χ1) is 10.7. The Bertz CT molecular complexity index is 353. The Morgan fingerprint density at radius 3 is 2.52 bits per heavy atom. The second-order valence-electron chi connectivity index (χ2n) is 6.78. The number of guanidine groups is 1. The summed E-state index contributed by atoms with van der Waals surface area (Å²) >= 11 is 0. The number of likely N-dealkylation sites (tertiary alicyclic amines) is 1. The molecule has 2 saturated heterocycles. The van der Waals surface area contributed by atoms with Crippen molar-refractivity contribution in [1.82, 2.24) is 15.5 Å². The Morgan fingerprint density at radius 1 is 1.22 bits per heavy atom. The van der Waals surface area contributed by atoms with Gasteiger partial charge in [0.05, 0.1) is 12.1 Å². The highest BCUT2D eigenvalue weighted by atomic mass is 127. The van der Waals surface area contributed by atoms with Crippen LogP contribution in [0.1, 0.15) is 52.9 Å². The third-order valence-electron chi connectivity index (χ3n) is 4.85. The molecule has 2 rings (SSSR count). The molecule has 0 bridgehead atoms. The summed E-state index contributed by atoms with van der Waals surface area (Å²) in [7, 11) is 0. The molecule has 0 saturated carbocycles. The maximum absolute atomic E-state index is 5.83. The molecule has 5 nitrogen and oxygen atoms in total. The van der Waals surface area contributed by atoms with Crippen LogP contribution in [0.3, 0.4) is 0 Å². The van der Waals surface area contributed by atoms with Crippen LogP contribution in [0.15, 0.2) is 4.99 Å². The Morgan fingerprint density at radius 2 is 1.96 bits per heavy atom. The van der Waals surface area contributed by atoms with Crippen molar-refractivity contribution >= 4 is 29.9 Å². The lowest BCUT2D eigenvalue weighted by Crippen LogP contribution is -2.46. The van der Waals surface area contributed by atoms with E-state index in [9.17, 15) is 0 Å². The van der Waals surface area contributed by atoms with Gasteiger partial charge in [0.15, 0.2) is 5.96 Å². The van der Waals surface area contributed by atoms with E-state index in [1.165, 1.54) is 32.4 Å². The van der Waals surface area contributed by atoms with Crippen LogP contribution in [-0.2, 0) is 4.74 Å². The first-order valence-corrected chi connectivity index (χ1v) is 9.07. The van der Waals surface area contributed by atoms with Crippen LogP contribution in [0.4, 0.5) is 0 Å². The standard InChI is InChI=1S/C17H34N4O.HI/c1-4-15(21-10-6-7-11-21)13-19-16(18-5-2)20-14-17(3)9-8-12-22-17;/h15H,4-14H2,1-3H3,(H2,18,19,20);1H. The highest BCUT2D eigenvalue weighted by Crippen LogP contribution is 2.25. The van der Waals surface area contributed by atoms with Crippen molar-refractivity contribution in [2.24, 2.45) is 4.99 Å². The first-order valence-electron chi connectivity index (χ1n) is 9.07. The summed E-state index contributed by atoms with van der Waals surface area (Å²) in [5.74, 6) is 0.928. The third kappa shape index (κ3) is 6.74. The highest BCUT2D eigenvalue weighted by Gasteiger charge is 2.29. The summed E-state index contributed by atoms with van der Waals surface area (Å²) in [4.78, 5) is 7.36. The number of halogens is 1. The third-order valence-corrected chi connectivity index (χ3v) is 4.85. The summed E-state index contributed by atoms with van der Waals surface area (Å²) in [6.07, 6.45) is 6.15. The van der Waals surface area contributed by atoms with Gasteiger partial charge in [-0.05, 0) is 59.0 Å². The summed E-state index contributed by atoms with van der Waals surface area (Å²) in [5.41, 5.74) is -0.0680. The van der Waals surface area contributed by atoms with E-state index in [4.69, 9.17) is 9.73 Å². The van der Waals surface area contributed by atoms with Crippen LogP contribution in [0.2, 0.25) is 0 Å². The van der Waals surface area contributed by atoms with Gasteiger partial charge in [-0.2, -0.15) is 0 Å². The molecule has 0 aliphatic carbocycles. The van der Waals surface area contributed by atoms with E-state index in [-0.39, 0.29) is 29.6 Å². The molecule has 2 heterocycles. The maximum Gasteiger partial charge on any atom is 0.191 e. The number of rotatable bonds is 7. The van der Waals surface area contributed by atoms with Crippen molar-refractivity contribution in [2.75, 3.05) is 39.3 Å². The van der Waals surface area contributed by atoms with Gasteiger partial charge in [0.2, 0.25) is 0 Å². The molecule has 0 amide bonds. The summed E-state index contributed by atoms with van der Waals surface area (Å²) in [6.45, 7) is 12.5. The first kappa shape index (κ1) is 21.0. The molecule has 2 unspecified atom stereocenters. The van der Waals surface area contributed by atoms with Crippen molar-refractivity contribution in [3.05, 3.63) is 0 Å². The molecular weight excluding hydrogens is 403 g/mol. The Labute approximate surface area is 159 Å². The van der Waals surface area contributed by atoms with Crippen LogP contribution in [0.25, 0.3) is 0 Å². The van der Waals surface area contributed by atoms with Gasteiger partial charge in [-0.25, -0.2) is 0 Å². The van der Waals surface area contributed by atoms with E-state index >= 15 is 0 Å². The van der Waals surface area contributed by atoms with Gasteiger partial charge >= 0.3 is 0 Å². The predicted octanol–water partition coefficient (Wildman–Crippen LogP) is 2.60. The van der Waals surface area contributed by atoms with Crippen LogP contribution < -0.4 is 10.6 Å². The SMILES string of the molecule is CCNC(=NCC1(C)CCCO1)NCC(CC)N1CCCC1.I. The molecule has 6 heteroatoms. The quantitative estimate of drug-likeness (QED) is 0.365. The van der Waals surface area contributed by atoms with Gasteiger partial charge in [0.1, 0.15) is 0 Å². The van der Waals surface area contributed by atoms with Crippen LogP contribution in [-0.4, -0.2) is 61.8 Å². The van der Waals surface area contributed by atoms with Crippen molar-refractivity contribution in [1.29, 1.82) is 0 Å². The Balaban J connectivity index is 0.00000264. The zero-order valence-electron chi connectivity index (χ0n) is 15.1.